The van der Waals surface area contributed by atoms with Gasteiger partial charge in [-0.2, -0.15) is 0 Å². The van der Waals surface area contributed by atoms with Crippen molar-refractivity contribution in [1.29, 1.82) is 0 Å². The monoisotopic (exact) mass is 360 g/mol. The van der Waals surface area contributed by atoms with Crippen molar-refractivity contribution in [3.8, 4) is 5.75 Å². The molecule has 1 aromatic carbocycles. The quantitative estimate of drug-likeness (QED) is 0.877. The van der Waals surface area contributed by atoms with Gasteiger partial charge in [-0.05, 0) is 45.9 Å². The van der Waals surface area contributed by atoms with Crippen molar-refractivity contribution >= 4 is 35.0 Å². The zero-order chi connectivity index (χ0) is 17.8. The molecule has 0 saturated carbocycles. The molecule has 0 aromatic heterocycles. The van der Waals surface area contributed by atoms with Crippen molar-refractivity contribution in [2.24, 2.45) is 0 Å². The number of amides is 2. The number of ether oxygens (including phenoxy) is 1. The van der Waals surface area contributed by atoms with Crippen LogP contribution in [0.1, 0.15) is 27.7 Å². The summed E-state index contributed by atoms with van der Waals surface area (Å²) in [4.78, 5) is 25.5. The fourth-order valence-electron chi connectivity index (χ4n) is 1.87. The second-order valence-corrected chi connectivity index (χ2v) is 7.17. The highest BCUT2D eigenvalue weighted by atomic mass is 35.5. The Bertz CT molecular complexity index is 585. The predicted molar refractivity (Wildman–Crippen MR) is 92.1 cm³/mol. The number of rotatable bonds is 5. The van der Waals surface area contributed by atoms with Crippen LogP contribution >= 0.6 is 23.2 Å². The normalized spacial score (nSPS) is 12.5. The minimum atomic E-state index is -0.777. The number of hydrogen-bond donors (Lipinski definition) is 1. The van der Waals surface area contributed by atoms with Crippen LogP contribution in [0.25, 0.3) is 0 Å². The van der Waals surface area contributed by atoms with Gasteiger partial charge in [-0.15, -0.1) is 0 Å². The van der Waals surface area contributed by atoms with E-state index in [1.807, 2.05) is 20.8 Å². The van der Waals surface area contributed by atoms with E-state index in [1.165, 1.54) is 11.0 Å². The Morgan fingerprint density at radius 2 is 1.91 bits per heavy atom. The summed E-state index contributed by atoms with van der Waals surface area (Å²) in [5.41, 5.74) is -0.347. The van der Waals surface area contributed by atoms with Crippen molar-refractivity contribution in [2.75, 3.05) is 13.6 Å². The van der Waals surface area contributed by atoms with Gasteiger partial charge in [-0.3, -0.25) is 9.59 Å². The first kappa shape index (κ1) is 19.6. The Morgan fingerprint density at radius 1 is 1.30 bits per heavy atom. The third kappa shape index (κ3) is 6.67. The lowest BCUT2D eigenvalue weighted by molar-refractivity contribution is -0.140. The van der Waals surface area contributed by atoms with Gasteiger partial charge >= 0.3 is 0 Å². The summed E-state index contributed by atoms with van der Waals surface area (Å²) in [6.07, 6.45) is -0.777. The molecule has 0 saturated heterocycles. The van der Waals surface area contributed by atoms with Crippen LogP contribution in [-0.2, 0) is 9.59 Å². The van der Waals surface area contributed by atoms with Crippen molar-refractivity contribution in [3.05, 3.63) is 28.2 Å². The Kier molecular flexibility index (Phi) is 6.71. The number of hydrogen-bond acceptors (Lipinski definition) is 3. The van der Waals surface area contributed by atoms with E-state index in [2.05, 4.69) is 5.32 Å². The minimum absolute atomic E-state index is 0.0435. The predicted octanol–water partition coefficient (Wildman–Crippen LogP) is 3.13. The Labute approximate surface area is 146 Å². The molecule has 2 amide bonds. The summed E-state index contributed by atoms with van der Waals surface area (Å²) in [7, 11) is 1.55. The maximum absolute atomic E-state index is 12.3. The van der Waals surface area contributed by atoms with E-state index >= 15 is 0 Å². The number of nitrogens with one attached hydrogen (secondary N) is 1. The molecule has 1 rings (SSSR count). The van der Waals surface area contributed by atoms with Gasteiger partial charge in [-0.25, -0.2) is 0 Å². The Balaban J connectivity index is 2.63. The van der Waals surface area contributed by atoms with E-state index < -0.39 is 6.10 Å². The summed E-state index contributed by atoms with van der Waals surface area (Å²) in [5, 5.41) is 3.61. The molecule has 1 atom stereocenters. The second-order valence-electron chi connectivity index (χ2n) is 6.33. The maximum atomic E-state index is 12.3. The number of carbonyl (C=O) groups is 2. The fourth-order valence-corrected chi connectivity index (χ4v) is 2.33. The number of benzene rings is 1. The standard InChI is InChI=1S/C16H22Cl2N2O3/c1-10(23-13-7-6-11(17)8-12(13)18)15(22)20(5)9-14(21)19-16(2,3)4/h6-8,10H,9H2,1-5H3,(H,19,21)/t10-/m1/s1. The Hall–Kier alpha value is -1.46. The average molecular weight is 361 g/mol. The molecule has 0 bridgehead atoms. The third-order valence-corrected chi connectivity index (χ3v) is 3.35. The largest absolute Gasteiger partial charge is 0.479 e. The van der Waals surface area contributed by atoms with Gasteiger partial charge in [0.25, 0.3) is 5.91 Å². The molecule has 0 aliphatic heterocycles. The van der Waals surface area contributed by atoms with Crippen LogP contribution in [0.15, 0.2) is 18.2 Å². The second kappa shape index (κ2) is 7.88. The van der Waals surface area contributed by atoms with Gasteiger partial charge in [0.05, 0.1) is 11.6 Å². The number of likely N-dealkylation sites (N-methyl/N-ethyl adjacent to an activating group) is 1. The third-order valence-electron chi connectivity index (χ3n) is 2.82. The van der Waals surface area contributed by atoms with Crippen LogP contribution in [0.3, 0.4) is 0 Å². The molecule has 0 unspecified atom stereocenters. The summed E-state index contributed by atoms with van der Waals surface area (Å²) < 4.78 is 5.55. The molecule has 0 heterocycles. The first-order valence-corrected chi connectivity index (χ1v) is 7.93. The highest BCUT2D eigenvalue weighted by molar-refractivity contribution is 6.35. The maximum Gasteiger partial charge on any atom is 0.263 e. The van der Waals surface area contributed by atoms with Gasteiger partial charge in [-0.1, -0.05) is 23.2 Å². The van der Waals surface area contributed by atoms with E-state index in [9.17, 15) is 9.59 Å². The molecule has 128 valence electrons. The highest BCUT2D eigenvalue weighted by Crippen LogP contribution is 2.28. The van der Waals surface area contributed by atoms with Crippen molar-refractivity contribution in [3.63, 3.8) is 0 Å². The zero-order valence-corrected chi connectivity index (χ0v) is 15.5. The van der Waals surface area contributed by atoms with Gasteiger partial charge in [0.15, 0.2) is 6.10 Å². The number of halogens is 2. The van der Waals surface area contributed by atoms with Crippen molar-refractivity contribution in [2.45, 2.75) is 39.3 Å². The molecule has 1 N–H and O–H groups in total. The van der Waals surface area contributed by atoms with Gasteiger partial charge < -0.3 is 15.0 Å². The van der Waals surface area contributed by atoms with Crippen LogP contribution in [0.4, 0.5) is 0 Å². The molecule has 5 nitrogen and oxygen atoms in total. The van der Waals surface area contributed by atoms with E-state index in [4.69, 9.17) is 27.9 Å². The summed E-state index contributed by atoms with van der Waals surface area (Å²) in [5.74, 6) is -0.186. The zero-order valence-electron chi connectivity index (χ0n) is 13.9. The molecule has 1 aromatic rings. The molecule has 0 spiro atoms. The number of nitrogens with zero attached hydrogens (tertiary/aromatic N) is 1. The van der Waals surface area contributed by atoms with E-state index in [0.29, 0.717) is 15.8 Å². The van der Waals surface area contributed by atoms with Gasteiger partial charge in [0.1, 0.15) is 5.75 Å². The van der Waals surface area contributed by atoms with Crippen LogP contribution < -0.4 is 10.1 Å². The highest BCUT2D eigenvalue weighted by Gasteiger charge is 2.23. The summed E-state index contributed by atoms with van der Waals surface area (Å²) in [6, 6.07) is 4.76. The molecule has 0 aliphatic carbocycles. The van der Waals surface area contributed by atoms with E-state index in [1.54, 1.807) is 26.1 Å². The molecule has 0 fully saturated rings. The van der Waals surface area contributed by atoms with E-state index in [-0.39, 0.29) is 23.9 Å². The molecule has 0 radical (unpaired) electrons. The van der Waals surface area contributed by atoms with Crippen LogP contribution in [-0.4, -0.2) is 41.9 Å². The lowest BCUT2D eigenvalue weighted by Crippen LogP contribution is -2.48. The average Bonchev–Trinajstić information content (AvgIpc) is 2.38. The fraction of sp³-hybridized carbons (Fsp3) is 0.500. The van der Waals surface area contributed by atoms with Crippen molar-refractivity contribution < 1.29 is 14.3 Å². The van der Waals surface area contributed by atoms with Crippen molar-refractivity contribution in [1.82, 2.24) is 10.2 Å². The lowest BCUT2D eigenvalue weighted by Gasteiger charge is -2.25. The number of carbonyl (C=O) groups excluding carboxylic acids is 2. The first-order valence-electron chi connectivity index (χ1n) is 7.17. The topological polar surface area (TPSA) is 58.6 Å². The lowest BCUT2D eigenvalue weighted by atomic mass is 10.1. The van der Waals surface area contributed by atoms with Crippen LogP contribution in [0, 0.1) is 0 Å². The molecule has 0 aliphatic rings. The molecule has 7 heteroatoms. The molecular formula is C16H22Cl2N2O3. The summed E-state index contributed by atoms with van der Waals surface area (Å²) >= 11 is 11.8. The smallest absolute Gasteiger partial charge is 0.263 e. The minimum Gasteiger partial charge on any atom is -0.479 e. The van der Waals surface area contributed by atoms with Gasteiger partial charge in [0.2, 0.25) is 5.91 Å². The first-order chi connectivity index (χ1) is 10.5. The summed E-state index contributed by atoms with van der Waals surface area (Å²) in [6.45, 7) is 7.19. The van der Waals surface area contributed by atoms with Gasteiger partial charge in [0, 0.05) is 17.6 Å². The molecular weight excluding hydrogens is 339 g/mol. The van der Waals surface area contributed by atoms with E-state index in [0.717, 1.165) is 0 Å². The Morgan fingerprint density at radius 3 is 2.43 bits per heavy atom. The van der Waals surface area contributed by atoms with Crippen LogP contribution in [0.5, 0.6) is 5.75 Å². The van der Waals surface area contributed by atoms with Crippen LogP contribution in [0.2, 0.25) is 10.0 Å². The SMILES string of the molecule is C[C@@H](Oc1ccc(Cl)cc1Cl)C(=O)N(C)CC(=O)NC(C)(C)C. The molecule has 23 heavy (non-hydrogen) atoms.